The fourth-order valence-electron chi connectivity index (χ4n) is 1.90. The van der Waals surface area contributed by atoms with Crippen LogP contribution < -0.4 is 0 Å². The summed E-state index contributed by atoms with van der Waals surface area (Å²) in [5.74, 6) is 0. The van der Waals surface area contributed by atoms with Gasteiger partial charge >= 0.3 is 0 Å². The third-order valence-corrected chi connectivity index (χ3v) is 3.10. The molecule has 3 heteroatoms. The molecule has 1 atom stereocenters. The van der Waals surface area contributed by atoms with E-state index in [1.165, 1.54) is 0 Å². The Bertz CT molecular complexity index is 180. The fourth-order valence-corrected chi connectivity index (χ4v) is 1.90. The molecule has 1 aliphatic carbocycles. The van der Waals surface area contributed by atoms with Crippen LogP contribution in [0, 0.1) is 5.41 Å². The molecule has 1 fully saturated rings. The molecule has 0 aromatic carbocycles. The third-order valence-electron chi connectivity index (χ3n) is 3.10. The van der Waals surface area contributed by atoms with Crippen molar-refractivity contribution in [3.8, 4) is 0 Å². The number of aliphatic hydroxyl groups is 1. The van der Waals surface area contributed by atoms with E-state index in [-0.39, 0.29) is 18.3 Å². The van der Waals surface area contributed by atoms with Crippen LogP contribution in [-0.2, 0) is 0 Å². The van der Waals surface area contributed by atoms with Crippen LogP contribution in [0.4, 0.5) is 8.78 Å². The Hall–Kier alpha value is -0.180. The number of hydrogen-bond acceptors (Lipinski definition) is 1. The lowest BCUT2D eigenvalue weighted by atomic mass is 9.84. The summed E-state index contributed by atoms with van der Waals surface area (Å²) < 4.78 is 25.0. The second-order valence-electron chi connectivity index (χ2n) is 4.92. The summed E-state index contributed by atoms with van der Waals surface area (Å²) in [6, 6.07) is 0. The molecule has 0 radical (unpaired) electrons. The predicted octanol–water partition coefficient (Wildman–Crippen LogP) is 2.97. The Morgan fingerprint density at radius 2 is 1.69 bits per heavy atom. The summed E-state index contributed by atoms with van der Waals surface area (Å²) in [5.41, 5.74) is -1.60. The van der Waals surface area contributed by atoms with Gasteiger partial charge in [-0.3, -0.25) is 0 Å². The molecule has 0 amide bonds. The molecule has 1 saturated carbocycles. The van der Waals surface area contributed by atoms with Crippen molar-refractivity contribution in [2.45, 2.75) is 58.0 Å². The smallest absolute Gasteiger partial charge is 0.266 e. The summed E-state index contributed by atoms with van der Waals surface area (Å²) in [4.78, 5) is 0. The van der Waals surface area contributed by atoms with E-state index in [1.54, 1.807) is 0 Å². The lowest BCUT2D eigenvalue weighted by molar-refractivity contribution is -0.105. The van der Waals surface area contributed by atoms with E-state index < -0.39 is 12.0 Å². The van der Waals surface area contributed by atoms with E-state index >= 15 is 0 Å². The van der Waals surface area contributed by atoms with Gasteiger partial charge < -0.3 is 5.11 Å². The molecule has 0 aromatic heterocycles. The molecule has 1 N–H and O–H groups in total. The van der Waals surface area contributed by atoms with Crippen LogP contribution in [0.2, 0.25) is 0 Å². The van der Waals surface area contributed by atoms with Gasteiger partial charge in [0.25, 0.3) is 6.43 Å². The minimum absolute atomic E-state index is 0.110. The van der Waals surface area contributed by atoms with Gasteiger partial charge in [0.05, 0.1) is 0 Å². The highest BCUT2D eigenvalue weighted by Gasteiger charge is 2.40. The zero-order valence-electron chi connectivity index (χ0n) is 8.32. The zero-order chi connectivity index (χ0) is 10.1. The van der Waals surface area contributed by atoms with E-state index in [2.05, 4.69) is 13.8 Å². The lowest BCUT2D eigenvalue weighted by Crippen LogP contribution is -2.36. The fraction of sp³-hybridized carbons (Fsp3) is 1.00. The summed E-state index contributed by atoms with van der Waals surface area (Å²) in [6.07, 6.45) is 0.205. The highest BCUT2D eigenvalue weighted by Crippen LogP contribution is 2.40. The van der Waals surface area contributed by atoms with Gasteiger partial charge in [0.2, 0.25) is 0 Å². The first-order chi connectivity index (χ1) is 5.86. The second kappa shape index (κ2) is 3.52. The van der Waals surface area contributed by atoms with Crippen LogP contribution in [0.15, 0.2) is 0 Å². The average Bonchev–Trinajstić information content (AvgIpc) is 2.12. The van der Waals surface area contributed by atoms with Gasteiger partial charge in [-0.05, 0) is 37.5 Å². The van der Waals surface area contributed by atoms with E-state index in [1.807, 2.05) is 0 Å². The van der Waals surface area contributed by atoms with Crippen LogP contribution in [0.25, 0.3) is 0 Å². The summed E-state index contributed by atoms with van der Waals surface area (Å²) >= 11 is 0. The van der Waals surface area contributed by atoms with Crippen molar-refractivity contribution in [3.05, 3.63) is 0 Å². The second-order valence-corrected chi connectivity index (χ2v) is 4.92. The average molecular weight is 192 g/mol. The molecule has 0 aromatic rings. The molecule has 1 aliphatic rings. The minimum Gasteiger partial charge on any atom is -0.384 e. The minimum atomic E-state index is -2.60. The maximum Gasteiger partial charge on any atom is 0.266 e. The Kier molecular flexibility index (Phi) is 2.95. The number of alkyl halides is 2. The Morgan fingerprint density at radius 1 is 1.08 bits per heavy atom. The SMILES string of the molecule is CC1(C)CCCC(O)(C(F)F)CC1. The van der Waals surface area contributed by atoms with Crippen molar-refractivity contribution in [2.75, 3.05) is 0 Å². The Balaban J connectivity index is 2.63. The van der Waals surface area contributed by atoms with Crippen LogP contribution in [-0.4, -0.2) is 17.1 Å². The van der Waals surface area contributed by atoms with Gasteiger partial charge in [-0.15, -0.1) is 0 Å². The summed E-state index contributed by atoms with van der Waals surface area (Å²) in [5, 5.41) is 9.61. The van der Waals surface area contributed by atoms with Crippen LogP contribution in [0.1, 0.15) is 46.0 Å². The Labute approximate surface area is 78.1 Å². The van der Waals surface area contributed by atoms with E-state index in [4.69, 9.17) is 0 Å². The maximum absolute atomic E-state index is 12.5. The van der Waals surface area contributed by atoms with E-state index in [0.717, 1.165) is 6.42 Å². The zero-order valence-corrected chi connectivity index (χ0v) is 8.32. The van der Waals surface area contributed by atoms with Gasteiger partial charge in [0.1, 0.15) is 5.60 Å². The molecule has 0 heterocycles. The van der Waals surface area contributed by atoms with Gasteiger partial charge in [-0.2, -0.15) is 0 Å². The van der Waals surface area contributed by atoms with Gasteiger partial charge in [0.15, 0.2) is 0 Å². The number of rotatable bonds is 1. The third kappa shape index (κ3) is 2.63. The van der Waals surface area contributed by atoms with Gasteiger partial charge in [-0.25, -0.2) is 8.78 Å². The van der Waals surface area contributed by atoms with Gasteiger partial charge in [0, 0.05) is 0 Å². The molecule has 0 aliphatic heterocycles. The highest BCUT2D eigenvalue weighted by atomic mass is 19.3. The molecule has 1 rings (SSSR count). The molecular weight excluding hydrogens is 174 g/mol. The van der Waals surface area contributed by atoms with Crippen molar-refractivity contribution in [3.63, 3.8) is 0 Å². The maximum atomic E-state index is 12.5. The first kappa shape index (κ1) is 10.9. The molecule has 0 bridgehead atoms. The lowest BCUT2D eigenvalue weighted by Gasteiger charge is -2.26. The quantitative estimate of drug-likeness (QED) is 0.633. The molecule has 13 heavy (non-hydrogen) atoms. The first-order valence-corrected chi connectivity index (χ1v) is 4.86. The van der Waals surface area contributed by atoms with E-state index in [9.17, 15) is 13.9 Å². The van der Waals surface area contributed by atoms with Crippen LogP contribution in [0.3, 0.4) is 0 Å². The Morgan fingerprint density at radius 3 is 2.23 bits per heavy atom. The molecule has 78 valence electrons. The van der Waals surface area contributed by atoms with Crippen molar-refractivity contribution in [1.29, 1.82) is 0 Å². The molecular formula is C10H18F2O. The monoisotopic (exact) mass is 192 g/mol. The predicted molar refractivity (Wildman–Crippen MR) is 47.8 cm³/mol. The number of hydrogen-bond donors (Lipinski definition) is 1. The largest absolute Gasteiger partial charge is 0.384 e. The van der Waals surface area contributed by atoms with Crippen LogP contribution in [0.5, 0.6) is 0 Å². The molecule has 1 nitrogen and oxygen atoms in total. The summed E-state index contributed by atoms with van der Waals surface area (Å²) in [7, 11) is 0. The number of halogens is 2. The van der Waals surface area contributed by atoms with Crippen molar-refractivity contribution >= 4 is 0 Å². The van der Waals surface area contributed by atoms with Gasteiger partial charge in [-0.1, -0.05) is 13.8 Å². The first-order valence-electron chi connectivity index (χ1n) is 4.86. The normalized spacial score (nSPS) is 34.6. The molecule has 0 saturated heterocycles. The van der Waals surface area contributed by atoms with Crippen molar-refractivity contribution in [2.24, 2.45) is 5.41 Å². The van der Waals surface area contributed by atoms with Crippen molar-refractivity contribution < 1.29 is 13.9 Å². The van der Waals surface area contributed by atoms with E-state index in [0.29, 0.717) is 12.8 Å². The topological polar surface area (TPSA) is 20.2 Å². The summed E-state index contributed by atoms with van der Waals surface area (Å²) in [6.45, 7) is 4.15. The molecule has 1 unspecified atom stereocenters. The molecule has 0 spiro atoms. The van der Waals surface area contributed by atoms with Crippen LogP contribution >= 0.6 is 0 Å². The highest BCUT2D eigenvalue weighted by molar-refractivity contribution is 4.87. The van der Waals surface area contributed by atoms with Crippen molar-refractivity contribution in [1.82, 2.24) is 0 Å². The standard InChI is InChI=1S/C10H18F2O/c1-9(2)4-3-5-10(13,7-6-9)8(11)12/h8,13H,3-7H2,1-2H3.